The lowest BCUT2D eigenvalue weighted by atomic mass is 10.2. The number of carbonyl (C=O) groups excluding carboxylic acids is 2. The van der Waals surface area contributed by atoms with Crippen LogP contribution in [-0.4, -0.2) is 23.5 Å². The van der Waals surface area contributed by atoms with Crippen LogP contribution in [0.4, 0.5) is 0 Å². The maximum absolute atomic E-state index is 12.1. The maximum Gasteiger partial charge on any atom is 0.276 e. The van der Waals surface area contributed by atoms with Gasteiger partial charge in [-0.2, -0.15) is 0 Å². The van der Waals surface area contributed by atoms with Crippen LogP contribution in [-0.2, 0) is 4.79 Å². The monoisotopic (exact) mass is 475 g/mol. The zero-order valence-electron chi connectivity index (χ0n) is 13.0. The van der Waals surface area contributed by atoms with Crippen LogP contribution in [0.25, 0.3) is 0 Å². The van der Waals surface area contributed by atoms with Crippen LogP contribution in [0.5, 0.6) is 5.75 Å². The number of thiocarbonyl (C=S) groups is 1. The average Bonchev–Trinajstić information content (AvgIpc) is 2.59. The summed E-state index contributed by atoms with van der Waals surface area (Å²) in [5.41, 5.74) is 5.12. The van der Waals surface area contributed by atoms with Gasteiger partial charge in [0, 0.05) is 9.50 Å². The van der Waals surface area contributed by atoms with E-state index in [2.05, 4.69) is 32.1 Å². The average molecular weight is 477 g/mol. The SMILES string of the molecule is O=C(COc1ccc(Cl)cc1Cl)NNC(=S)NC(=O)c1ccccc1Br. The Morgan fingerprint density at radius 1 is 1.12 bits per heavy atom. The van der Waals surface area contributed by atoms with E-state index in [9.17, 15) is 9.59 Å². The Bertz CT molecular complexity index is 851. The van der Waals surface area contributed by atoms with Crippen LogP contribution in [0.2, 0.25) is 10.0 Å². The molecule has 0 spiro atoms. The van der Waals surface area contributed by atoms with Gasteiger partial charge in [-0.1, -0.05) is 35.3 Å². The molecule has 0 aromatic heterocycles. The first-order chi connectivity index (χ1) is 12.4. The standard InChI is InChI=1S/C16H12BrCl2N3O3S/c17-11-4-2-1-3-10(11)15(24)20-16(26)22-21-14(23)8-25-13-6-5-9(18)7-12(13)19/h1-7H,8H2,(H,21,23)(H2,20,22,24,26). The number of hydrazine groups is 1. The third kappa shape index (κ3) is 6.14. The van der Waals surface area contributed by atoms with Crippen LogP contribution < -0.4 is 20.9 Å². The summed E-state index contributed by atoms with van der Waals surface area (Å²) in [7, 11) is 0. The summed E-state index contributed by atoms with van der Waals surface area (Å²) in [4.78, 5) is 23.8. The van der Waals surface area contributed by atoms with Gasteiger partial charge in [0.2, 0.25) is 0 Å². The van der Waals surface area contributed by atoms with Crippen molar-refractivity contribution in [2.45, 2.75) is 0 Å². The van der Waals surface area contributed by atoms with Crippen molar-refractivity contribution < 1.29 is 14.3 Å². The molecule has 0 aliphatic carbocycles. The van der Waals surface area contributed by atoms with Crippen LogP contribution in [0.15, 0.2) is 46.9 Å². The summed E-state index contributed by atoms with van der Waals surface area (Å²) in [5.74, 6) is -0.627. The number of hydrogen-bond acceptors (Lipinski definition) is 4. The minimum absolute atomic E-state index is 0.0661. The molecule has 0 bridgehead atoms. The highest BCUT2D eigenvalue weighted by atomic mass is 79.9. The summed E-state index contributed by atoms with van der Waals surface area (Å²) in [6.07, 6.45) is 0. The van der Waals surface area contributed by atoms with E-state index < -0.39 is 11.8 Å². The summed E-state index contributed by atoms with van der Waals surface area (Å²) in [6, 6.07) is 11.5. The molecule has 0 atom stereocenters. The van der Waals surface area contributed by atoms with Crippen LogP contribution >= 0.6 is 51.3 Å². The molecule has 136 valence electrons. The largest absolute Gasteiger partial charge is 0.482 e. The predicted octanol–water partition coefficient (Wildman–Crippen LogP) is 3.47. The Morgan fingerprint density at radius 2 is 1.85 bits per heavy atom. The van der Waals surface area contributed by atoms with Crippen molar-refractivity contribution in [2.24, 2.45) is 0 Å². The Morgan fingerprint density at radius 3 is 2.54 bits per heavy atom. The lowest BCUT2D eigenvalue weighted by Gasteiger charge is -2.12. The van der Waals surface area contributed by atoms with E-state index in [4.69, 9.17) is 40.2 Å². The van der Waals surface area contributed by atoms with Gasteiger partial charge < -0.3 is 4.74 Å². The number of nitrogens with one attached hydrogen (secondary N) is 3. The van der Waals surface area contributed by atoms with Crippen molar-refractivity contribution in [3.05, 3.63) is 62.5 Å². The van der Waals surface area contributed by atoms with Gasteiger partial charge in [0.25, 0.3) is 11.8 Å². The fourth-order valence-electron chi connectivity index (χ4n) is 1.75. The highest BCUT2D eigenvalue weighted by Gasteiger charge is 2.11. The van der Waals surface area contributed by atoms with Crippen molar-refractivity contribution in [2.75, 3.05) is 6.61 Å². The van der Waals surface area contributed by atoms with Gasteiger partial charge in [0.1, 0.15) is 5.75 Å². The van der Waals surface area contributed by atoms with Gasteiger partial charge >= 0.3 is 0 Å². The van der Waals surface area contributed by atoms with Crippen molar-refractivity contribution in [1.29, 1.82) is 0 Å². The fraction of sp³-hybridized carbons (Fsp3) is 0.0625. The number of rotatable bonds is 4. The Balaban J connectivity index is 1.77. The van der Waals surface area contributed by atoms with E-state index in [0.29, 0.717) is 20.8 Å². The lowest BCUT2D eigenvalue weighted by Crippen LogP contribution is -2.49. The van der Waals surface area contributed by atoms with Crippen molar-refractivity contribution in [3.63, 3.8) is 0 Å². The van der Waals surface area contributed by atoms with Crippen LogP contribution in [0.1, 0.15) is 10.4 Å². The molecule has 10 heteroatoms. The molecular formula is C16H12BrCl2N3O3S. The minimum Gasteiger partial charge on any atom is -0.482 e. The smallest absolute Gasteiger partial charge is 0.276 e. The molecule has 0 unspecified atom stereocenters. The second-order valence-electron chi connectivity index (χ2n) is 4.80. The van der Waals surface area contributed by atoms with Gasteiger partial charge in [-0.25, -0.2) is 0 Å². The second kappa shape index (κ2) is 9.72. The van der Waals surface area contributed by atoms with E-state index in [1.165, 1.54) is 6.07 Å². The molecule has 2 amide bonds. The van der Waals surface area contributed by atoms with Crippen molar-refractivity contribution in [1.82, 2.24) is 16.2 Å². The lowest BCUT2D eigenvalue weighted by molar-refractivity contribution is -0.123. The number of ether oxygens (including phenoxy) is 1. The summed E-state index contributed by atoms with van der Waals surface area (Å²) in [6.45, 7) is -0.310. The van der Waals surface area contributed by atoms with Crippen molar-refractivity contribution in [3.8, 4) is 5.75 Å². The highest BCUT2D eigenvalue weighted by Crippen LogP contribution is 2.27. The Kier molecular flexibility index (Phi) is 7.65. The molecule has 2 aromatic rings. The number of hydrogen-bond donors (Lipinski definition) is 3. The normalized spacial score (nSPS) is 9.96. The maximum atomic E-state index is 12.1. The summed E-state index contributed by atoms with van der Waals surface area (Å²) in [5, 5.41) is 3.12. The first-order valence-corrected chi connectivity index (χ1v) is 9.05. The third-order valence-electron chi connectivity index (χ3n) is 2.91. The van der Waals surface area contributed by atoms with Gasteiger partial charge in [-0.3, -0.25) is 25.8 Å². The molecule has 6 nitrogen and oxygen atoms in total. The van der Waals surface area contributed by atoms with E-state index in [-0.39, 0.29) is 16.7 Å². The molecule has 0 aliphatic heterocycles. The molecular weight excluding hydrogens is 465 g/mol. The van der Waals surface area contributed by atoms with E-state index >= 15 is 0 Å². The zero-order valence-corrected chi connectivity index (χ0v) is 16.9. The first-order valence-electron chi connectivity index (χ1n) is 7.09. The predicted molar refractivity (Wildman–Crippen MR) is 107 cm³/mol. The molecule has 0 fully saturated rings. The van der Waals surface area contributed by atoms with Crippen LogP contribution in [0.3, 0.4) is 0 Å². The van der Waals surface area contributed by atoms with Crippen molar-refractivity contribution >= 4 is 68.3 Å². The topological polar surface area (TPSA) is 79.5 Å². The number of halogens is 3. The first kappa shape index (κ1) is 20.4. The molecule has 0 saturated carbocycles. The van der Waals surface area contributed by atoms with E-state index in [1.54, 1.807) is 36.4 Å². The number of amides is 2. The molecule has 2 rings (SSSR count). The molecule has 3 N–H and O–H groups in total. The summed E-state index contributed by atoms with van der Waals surface area (Å²) >= 11 is 19.9. The molecule has 0 aliphatic rings. The fourth-order valence-corrected chi connectivity index (χ4v) is 2.82. The molecule has 2 aromatic carbocycles. The number of carbonyl (C=O) groups is 2. The quantitative estimate of drug-likeness (QED) is 0.465. The van der Waals surface area contributed by atoms with Gasteiger partial charge in [0.15, 0.2) is 11.7 Å². The second-order valence-corrected chi connectivity index (χ2v) is 6.91. The highest BCUT2D eigenvalue weighted by molar-refractivity contribution is 9.10. The minimum atomic E-state index is -0.520. The van der Waals surface area contributed by atoms with Gasteiger partial charge in [-0.05, 0) is 58.5 Å². The molecule has 0 heterocycles. The van der Waals surface area contributed by atoms with Gasteiger partial charge in [0.05, 0.1) is 10.6 Å². The third-order valence-corrected chi connectivity index (χ3v) is 4.34. The zero-order chi connectivity index (χ0) is 19.1. The molecule has 0 saturated heterocycles. The Hall–Kier alpha value is -1.87. The molecule has 0 radical (unpaired) electrons. The van der Waals surface area contributed by atoms with E-state index in [0.717, 1.165) is 0 Å². The van der Waals surface area contributed by atoms with E-state index in [1.807, 2.05) is 0 Å². The Labute approximate surface area is 173 Å². The van der Waals surface area contributed by atoms with Crippen LogP contribution in [0, 0.1) is 0 Å². The summed E-state index contributed by atoms with van der Waals surface area (Å²) < 4.78 is 5.90. The number of benzene rings is 2. The molecule has 26 heavy (non-hydrogen) atoms. The van der Waals surface area contributed by atoms with Gasteiger partial charge in [-0.15, -0.1) is 0 Å².